The minimum absolute atomic E-state index is 0. The van der Waals surface area contributed by atoms with Crippen molar-refractivity contribution in [2.45, 2.75) is 52.6 Å². The molecule has 1 aromatic carbocycles. The van der Waals surface area contributed by atoms with Crippen LogP contribution in [0.2, 0.25) is 0 Å². The van der Waals surface area contributed by atoms with Crippen LogP contribution in [0, 0.1) is 0 Å². The lowest BCUT2D eigenvalue weighted by atomic mass is 10.1. The molecule has 0 radical (unpaired) electrons. The van der Waals surface area contributed by atoms with Gasteiger partial charge in [0.25, 0.3) is 0 Å². The van der Waals surface area contributed by atoms with Crippen molar-refractivity contribution in [2.75, 3.05) is 20.2 Å². The zero-order valence-electron chi connectivity index (χ0n) is 16.5. The number of ether oxygens (including phenoxy) is 1. The quantitative estimate of drug-likeness (QED) is 0.233. The van der Waals surface area contributed by atoms with E-state index in [4.69, 9.17) is 4.74 Å². The van der Waals surface area contributed by atoms with Gasteiger partial charge in [-0.25, -0.2) is 0 Å². The zero-order valence-corrected chi connectivity index (χ0v) is 18.8. The number of rotatable bonds is 8. The van der Waals surface area contributed by atoms with Gasteiger partial charge in [-0.2, -0.15) is 0 Å². The minimum Gasteiger partial charge on any atom is -0.494 e. The van der Waals surface area contributed by atoms with Crippen LogP contribution >= 0.6 is 24.0 Å². The summed E-state index contributed by atoms with van der Waals surface area (Å²) in [5.41, 5.74) is 0.851. The summed E-state index contributed by atoms with van der Waals surface area (Å²) in [4.78, 5) is 16.0. The number of benzene rings is 1. The van der Waals surface area contributed by atoms with Gasteiger partial charge in [0.15, 0.2) is 5.96 Å². The molecule has 0 spiro atoms. The van der Waals surface area contributed by atoms with Gasteiger partial charge >= 0.3 is 0 Å². The first-order chi connectivity index (χ1) is 11.8. The molecule has 7 heteroatoms. The highest BCUT2D eigenvalue weighted by molar-refractivity contribution is 14.0. The minimum atomic E-state index is -0.242. The highest BCUT2D eigenvalue weighted by Crippen LogP contribution is 2.13. The molecule has 1 aromatic rings. The Balaban J connectivity index is 0.00000625. The summed E-state index contributed by atoms with van der Waals surface area (Å²) in [6, 6.07) is 7.98. The van der Waals surface area contributed by atoms with Crippen LogP contribution in [0.4, 0.5) is 0 Å². The van der Waals surface area contributed by atoms with Gasteiger partial charge in [0.1, 0.15) is 5.75 Å². The molecule has 6 nitrogen and oxygen atoms in total. The zero-order chi connectivity index (χ0) is 18.7. The van der Waals surface area contributed by atoms with E-state index in [1.807, 2.05) is 45.0 Å². The molecule has 3 N–H and O–H groups in total. The smallest absolute Gasteiger partial charge is 0.239 e. The molecule has 0 aliphatic rings. The van der Waals surface area contributed by atoms with Crippen molar-refractivity contribution >= 4 is 35.8 Å². The van der Waals surface area contributed by atoms with Crippen molar-refractivity contribution in [1.82, 2.24) is 16.0 Å². The maximum atomic E-state index is 11.9. The first-order valence-corrected chi connectivity index (χ1v) is 8.81. The van der Waals surface area contributed by atoms with Crippen molar-refractivity contribution in [3.63, 3.8) is 0 Å². The van der Waals surface area contributed by atoms with Gasteiger partial charge in [-0.05, 0) is 44.9 Å². The molecule has 26 heavy (non-hydrogen) atoms. The number of aliphatic imine (C=N–C) groups is 1. The Labute approximate surface area is 174 Å². The summed E-state index contributed by atoms with van der Waals surface area (Å²) in [6.07, 6.45) is 2.17. The number of carbonyl (C=O) groups excluding carboxylic acids is 1. The molecule has 0 unspecified atom stereocenters. The van der Waals surface area contributed by atoms with Crippen LogP contribution in [-0.4, -0.2) is 37.6 Å². The van der Waals surface area contributed by atoms with Gasteiger partial charge in [0, 0.05) is 19.1 Å². The summed E-state index contributed by atoms with van der Waals surface area (Å²) in [5.74, 6) is 1.39. The van der Waals surface area contributed by atoms with E-state index in [0.29, 0.717) is 12.5 Å². The number of halogens is 1. The van der Waals surface area contributed by atoms with Crippen LogP contribution in [0.1, 0.15) is 46.1 Å². The second-order valence-electron chi connectivity index (χ2n) is 6.93. The van der Waals surface area contributed by atoms with Crippen molar-refractivity contribution in [1.29, 1.82) is 0 Å². The Morgan fingerprint density at radius 1 is 1.23 bits per heavy atom. The number of hydrogen-bond donors (Lipinski definition) is 3. The number of nitrogens with one attached hydrogen (secondary N) is 3. The topological polar surface area (TPSA) is 74.8 Å². The van der Waals surface area contributed by atoms with E-state index in [1.54, 1.807) is 7.05 Å². The van der Waals surface area contributed by atoms with E-state index in [2.05, 4.69) is 27.9 Å². The molecule has 0 atom stereocenters. The van der Waals surface area contributed by atoms with E-state index in [9.17, 15) is 4.79 Å². The van der Waals surface area contributed by atoms with Crippen LogP contribution < -0.4 is 20.7 Å². The summed E-state index contributed by atoms with van der Waals surface area (Å²) in [5, 5.41) is 9.12. The number of unbranched alkanes of at least 4 members (excludes halogenated alkanes) is 1. The third kappa shape index (κ3) is 11.2. The molecule has 0 heterocycles. The Morgan fingerprint density at radius 3 is 2.58 bits per heavy atom. The first kappa shape index (κ1) is 24.5. The number of guanidine groups is 1. The molecule has 0 aliphatic heterocycles. The van der Waals surface area contributed by atoms with Crippen LogP contribution in [0.5, 0.6) is 5.75 Å². The van der Waals surface area contributed by atoms with Gasteiger partial charge < -0.3 is 20.7 Å². The molecular weight excluding hydrogens is 443 g/mol. The SMILES string of the molecule is CCCCOc1cccc(CNC(=NC)NCC(=O)NC(C)(C)C)c1.I. The molecule has 0 aromatic heterocycles. The van der Waals surface area contributed by atoms with Crippen molar-refractivity contribution < 1.29 is 9.53 Å². The maximum absolute atomic E-state index is 11.9. The Hall–Kier alpha value is -1.51. The molecular formula is C19H33IN4O2. The fourth-order valence-electron chi connectivity index (χ4n) is 2.11. The monoisotopic (exact) mass is 476 g/mol. The normalized spacial score (nSPS) is 11.3. The third-order valence-electron chi connectivity index (χ3n) is 3.28. The summed E-state index contributed by atoms with van der Waals surface area (Å²) >= 11 is 0. The molecule has 0 aliphatic carbocycles. The summed E-state index contributed by atoms with van der Waals surface area (Å²) in [7, 11) is 1.68. The number of carbonyl (C=O) groups is 1. The van der Waals surface area contributed by atoms with Gasteiger partial charge in [0.2, 0.25) is 5.91 Å². The van der Waals surface area contributed by atoms with Crippen LogP contribution in [-0.2, 0) is 11.3 Å². The number of amides is 1. The van der Waals surface area contributed by atoms with E-state index >= 15 is 0 Å². The van der Waals surface area contributed by atoms with Crippen molar-refractivity contribution in [3.05, 3.63) is 29.8 Å². The first-order valence-electron chi connectivity index (χ1n) is 8.81. The van der Waals surface area contributed by atoms with Gasteiger partial charge in [0.05, 0.1) is 13.2 Å². The average Bonchev–Trinajstić information content (AvgIpc) is 2.54. The fourth-order valence-corrected chi connectivity index (χ4v) is 2.11. The lowest BCUT2D eigenvalue weighted by Crippen LogP contribution is -2.48. The molecule has 0 saturated heterocycles. The van der Waals surface area contributed by atoms with Gasteiger partial charge in [-0.15, -0.1) is 24.0 Å². The lowest BCUT2D eigenvalue weighted by molar-refractivity contribution is -0.121. The average molecular weight is 476 g/mol. The van der Waals surface area contributed by atoms with E-state index in [1.165, 1.54) is 0 Å². The van der Waals surface area contributed by atoms with Crippen LogP contribution in [0.25, 0.3) is 0 Å². The fraction of sp³-hybridized carbons (Fsp3) is 0.579. The predicted octanol–water partition coefficient (Wildman–Crippen LogP) is 3.06. The maximum Gasteiger partial charge on any atom is 0.239 e. The molecule has 0 fully saturated rings. The summed E-state index contributed by atoms with van der Waals surface area (Å²) in [6.45, 7) is 9.51. The number of hydrogen-bond acceptors (Lipinski definition) is 3. The molecule has 1 rings (SSSR count). The highest BCUT2D eigenvalue weighted by atomic mass is 127. The largest absolute Gasteiger partial charge is 0.494 e. The third-order valence-corrected chi connectivity index (χ3v) is 3.28. The van der Waals surface area contributed by atoms with Crippen molar-refractivity contribution in [2.24, 2.45) is 4.99 Å². The number of nitrogens with zero attached hydrogens (tertiary/aromatic N) is 1. The Morgan fingerprint density at radius 2 is 1.96 bits per heavy atom. The predicted molar refractivity (Wildman–Crippen MR) is 118 cm³/mol. The van der Waals surface area contributed by atoms with E-state index in [-0.39, 0.29) is 42.0 Å². The van der Waals surface area contributed by atoms with Crippen molar-refractivity contribution in [3.8, 4) is 5.75 Å². The Kier molecular flexibility index (Phi) is 12.0. The van der Waals surface area contributed by atoms with Crippen LogP contribution in [0.15, 0.2) is 29.3 Å². The Bertz CT molecular complexity index is 571. The lowest BCUT2D eigenvalue weighted by Gasteiger charge is -2.21. The van der Waals surface area contributed by atoms with Gasteiger partial charge in [-0.3, -0.25) is 9.79 Å². The second kappa shape index (κ2) is 12.8. The molecule has 148 valence electrons. The molecule has 0 saturated carbocycles. The van der Waals surface area contributed by atoms with Crippen LogP contribution in [0.3, 0.4) is 0 Å². The second-order valence-corrected chi connectivity index (χ2v) is 6.93. The molecule has 1 amide bonds. The van der Waals surface area contributed by atoms with E-state index < -0.39 is 0 Å². The molecule has 0 bridgehead atoms. The van der Waals surface area contributed by atoms with E-state index in [0.717, 1.165) is 30.8 Å². The van der Waals surface area contributed by atoms with Gasteiger partial charge in [-0.1, -0.05) is 25.5 Å². The summed E-state index contributed by atoms with van der Waals surface area (Å²) < 4.78 is 5.72. The highest BCUT2D eigenvalue weighted by Gasteiger charge is 2.13. The standard InChI is InChI=1S/C19H32N4O2.HI/c1-6-7-11-25-16-10-8-9-15(12-16)13-21-18(20-5)22-14-17(24)23-19(2,3)4;/h8-10,12H,6-7,11,13-14H2,1-5H3,(H,23,24)(H2,20,21,22);1H.